The second-order valence-corrected chi connectivity index (χ2v) is 7.08. The van der Waals surface area contributed by atoms with Gasteiger partial charge in [-0.3, -0.25) is 0 Å². The van der Waals surface area contributed by atoms with Gasteiger partial charge in [0, 0.05) is 36.1 Å². The maximum absolute atomic E-state index is 4.49. The molecule has 1 heterocycles. The average Bonchev–Trinajstić information content (AvgIpc) is 2.82. The van der Waals surface area contributed by atoms with Crippen LogP contribution in [0.4, 0.5) is 17.2 Å². The van der Waals surface area contributed by atoms with Crippen molar-refractivity contribution < 1.29 is 0 Å². The molecule has 1 aromatic heterocycles. The molecule has 0 aliphatic carbocycles. The maximum Gasteiger partial charge on any atom is 0.134 e. The Morgan fingerprint density at radius 1 is 0.700 bits per heavy atom. The van der Waals surface area contributed by atoms with Crippen LogP contribution in [0.3, 0.4) is 0 Å². The number of nitrogens with one attached hydrogen (secondary N) is 1. The molecular weight excluding hydrogens is 368 g/mol. The zero-order valence-corrected chi connectivity index (χ0v) is 17.4. The highest BCUT2D eigenvalue weighted by atomic mass is 15.1. The van der Waals surface area contributed by atoms with Gasteiger partial charge in [0.15, 0.2) is 0 Å². The molecule has 0 radical (unpaired) electrons. The number of rotatable bonds is 7. The first-order valence-corrected chi connectivity index (χ1v) is 10.4. The highest BCUT2D eigenvalue weighted by Crippen LogP contribution is 2.27. The van der Waals surface area contributed by atoms with Gasteiger partial charge in [-0.25, -0.2) is 9.97 Å². The van der Waals surface area contributed by atoms with E-state index in [4.69, 9.17) is 0 Å². The summed E-state index contributed by atoms with van der Waals surface area (Å²) >= 11 is 0. The summed E-state index contributed by atoms with van der Waals surface area (Å²) < 4.78 is 0. The van der Waals surface area contributed by atoms with E-state index in [9.17, 15) is 0 Å². The van der Waals surface area contributed by atoms with E-state index in [0.29, 0.717) is 0 Å². The van der Waals surface area contributed by atoms with Gasteiger partial charge in [-0.15, -0.1) is 0 Å². The van der Waals surface area contributed by atoms with Gasteiger partial charge >= 0.3 is 0 Å². The molecule has 0 fully saturated rings. The SMILES string of the molecule is CCN(CC)c1ccc(Nc2cc(-c3cccc(-c4ccccc4)c3)ncn2)cc1. The van der Waals surface area contributed by atoms with Crippen molar-refractivity contribution >= 4 is 17.2 Å². The topological polar surface area (TPSA) is 41.0 Å². The summed E-state index contributed by atoms with van der Waals surface area (Å²) in [4.78, 5) is 11.2. The Bertz CT molecular complexity index is 1090. The van der Waals surface area contributed by atoms with Crippen LogP contribution in [0.15, 0.2) is 91.3 Å². The smallest absolute Gasteiger partial charge is 0.134 e. The summed E-state index contributed by atoms with van der Waals surface area (Å²) in [6.07, 6.45) is 1.61. The van der Waals surface area contributed by atoms with Crippen molar-refractivity contribution in [3.05, 3.63) is 91.3 Å². The highest BCUT2D eigenvalue weighted by Gasteiger charge is 2.06. The van der Waals surface area contributed by atoms with Gasteiger partial charge in [0.05, 0.1) is 5.69 Å². The van der Waals surface area contributed by atoms with E-state index in [-0.39, 0.29) is 0 Å². The monoisotopic (exact) mass is 394 g/mol. The Morgan fingerprint density at radius 3 is 2.13 bits per heavy atom. The molecule has 0 aliphatic heterocycles. The largest absolute Gasteiger partial charge is 0.372 e. The number of anilines is 3. The lowest BCUT2D eigenvalue weighted by molar-refractivity contribution is 0.866. The molecule has 0 aliphatic rings. The number of aromatic nitrogens is 2. The van der Waals surface area contributed by atoms with Crippen molar-refractivity contribution in [3.63, 3.8) is 0 Å². The molecule has 150 valence electrons. The fourth-order valence-electron chi connectivity index (χ4n) is 3.56. The van der Waals surface area contributed by atoms with Crippen LogP contribution < -0.4 is 10.2 Å². The van der Waals surface area contributed by atoms with Crippen LogP contribution in [-0.2, 0) is 0 Å². The Labute approximate surface area is 178 Å². The first-order valence-electron chi connectivity index (χ1n) is 10.4. The summed E-state index contributed by atoms with van der Waals surface area (Å²) in [7, 11) is 0. The molecule has 30 heavy (non-hydrogen) atoms. The molecular formula is C26H26N4. The lowest BCUT2D eigenvalue weighted by atomic mass is 10.0. The van der Waals surface area contributed by atoms with Gasteiger partial charge in [-0.1, -0.05) is 48.5 Å². The molecule has 0 saturated carbocycles. The number of benzene rings is 3. The van der Waals surface area contributed by atoms with E-state index >= 15 is 0 Å². The Hall–Kier alpha value is -3.66. The lowest BCUT2D eigenvalue weighted by Crippen LogP contribution is -2.21. The van der Waals surface area contributed by atoms with Gasteiger partial charge < -0.3 is 10.2 Å². The first-order chi connectivity index (χ1) is 14.8. The lowest BCUT2D eigenvalue weighted by Gasteiger charge is -2.21. The fourth-order valence-corrected chi connectivity index (χ4v) is 3.56. The predicted molar refractivity (Wildman–Crippen MR) is 126 cm³/mol. The van der Waals surface area contributed by atoms with E-state index in [1.54, 1.807) is 6.33 Å². The van der Waals surface area contributed by atoms with Crippen LogP contribution in [0, 0.1) is 0 Å². The van der Waals surface area contributed by atoms with E-state index < -0.39 is 0 Å². The van der Waals surface area contributed by atoms with E-state index in [1.165, 1.54) is 16.8 Å². The van der Waals surface area contributed by atoms with Gasteiger partial charge in [0.1, 0.15) is 12.1 Å². The van der Waals surface area contributed by atoms with Crippen molar-refractivity contribution in [3.8, 4) is 22.4 Å². The van der Waals surface area contributed by atoms with Crippen LogP contribution >= 0.6 is 0 Å². The number of hydrogen-bond acceptors (Lipinski definition) is 4. The van der Waals surface area contributed by atoms with Crippen LogP contribution in [0.5, 0.6) is 0 Å². The second kappa shape index (κ2) is 9.23. The normalized spacial score (nSPS) is 10.6. The first kappa shape index (κ1) is 19.6. The van der Waals surface area contributed by atoms with E-state index in [2.05, 4.69) is 107 Å². The summed E-state index contributed by atoms with van der Waals surface area (Å²) in [6.45, 7) is 6.34. The summed E-state index contributed by atoms with van der Waals surface area (Å²) in [6, 6.07) is 29.3. The zero-order valence-electron chi connectivity index (χ0n) is 17.4. The third-order valence-electron chi connectivity index (χ3n) is 5.20. The van der Waals surface area contributed by atoms with E-state index in [0.717, 1.165) is 35.9 Å². The molecule has 0 amide bonds. The molecule has 0 unspecified atom stereocenters. The van der Waals surface area contributed by atoms with Crippen LogP contribution in [0.25, 0.3) is 22.4 Å². The minimum absolute atomic E-state index is 0.778. The quantitative estimate of drug-likeness (QED) is 0.394. The molecule has 4 heteroatoms. The van der Waals surface area contributed by atoms with Gasteiger partial charge in [0.25, 0.3) is 0 Å². The van der Waals surface area contributed by atoms with Gasteiger partial charge in [0.2, 0.25) is 0 Å². The molecule has 3 aromatic carbocycles. The molecule has 4 rings (SSSR count). The maximum atomic E-state index is 4.49. The standard InChI is InChI=1S/C26H26N4/c1-3-30(4-2)24-15-13-23(14-16-24)29-26-18-25(27-19-28-26)22-12-8-11-21(17-22)20-9-6-5-7-10-20/h5-19H,3-4H2,1-2H3,(H,27,28,29). The fraction of sp³-hybridized carbons (Fsp3) is 0.154. The average molecular weight is 395 g/mol. The van der Waals surface area contributed by atoms with E-state index in [1.807, 2.05) is 12.1 Å². The molecule has 0 saturated heterocycles. The van der Waals surface area contributed by atoms with Crippen LogP contribution in [0.1, 0.15) is 13.8 Å². The van der Waals surface area contributed by atoms with Crippen LogP contribution in [0.2, 0.25) is 0 Å². The van der Waals surface area contributed by atoms with Crippen molar-refractivity contribution in [2.24, 2.45) is 0 Å². The summed E-state index contributed by atoms with van der Waals surface area (Å²) in [5.74, 6) is 0.778. The minimum atomic E-state index is 0.778. The number of nitrogens with zero attached hydrogens (tertiary/aromatic N) is 3. The molecule has 0 atom stereocenters. The van der Waals surface area contributed by atoms with Crippen LogP contribution in [-0.4, -0.2) is 23.1 Å². The highest BCUT2D eigenvalue weighted by molar-refractivity contribution is 5.73. The molecule has 0 spiro atoms. The minimum Gasteiger partial charge on any atom is -0.372 e. The summed E-state index contributed by atoms with van der Waals surface area (Å²) in [5.41, 5.74) is 6.57. The number of hydrogen-bond donors (Lipinski definition) is 1. The third kappa shape index (κ3) is 4.49. The summed E-state index contributed by atoms with van der Waals surface area (Å²) in [5, 5.41) is 3.39. The Kier molecular flexibility index (Phi) is 6.04. The van der Waals surface area contributed by atoms with Gasteiger partial charge in [-0.05, 0) is 55.3 Å². The Balaban J connectivity index is 1.55. The van der Waals surface area contributed by atoms with Gasteiger partial charge in [-0.2, -0.15) is 0 Å². The Morgan fingerprint density at radius 2 is 1.40 bits per heavy atom. The van der Waals surface area contributed by atoms with Crippen molar-refractivity contribution in [2.75, 3.05) is 23.3 Å². The van der Waals surface area contributed by atoms with Crippen molar-refractivity contribution in [2.45, 2.75) is 13.8 Å². The van der Waals surface area contributed by atoms with Crippen molar-refractivity contribution in [1.29, 1.82) is 0 Å². The molecule has 4 aromatic rings. The molecule has 1 N–H and O–H groups in total. The third-order valence-corrected chi connectivity index (χ3v) is 5.20. The predicted octanol–water partition coefficient (Wildman–Crippen LogP) is 6.40. The molecule has 4 nitrogen and oxygen atoms in total. The van der Waals surface area contributed by atoms with Crippen molar-refractivity contribution in [1.82, 2.24) is 9.97 Å². The second-order valence-electron chi connectivity index (χ2n) is 7.08. The molecule has 0 bridgehead atoms. The zero-order chi connectivity index (χ0) is 20.8.